The van der Waals surface area contributed by atoms with E-state index in [4.69, 9.17) is 4.74 Å². The van der Waals surface area contributed by atoms with Crippen LogP contribution < -0.4 is 5.32 Å². The molecule has 2 aliphatic heterocycles. The number of aliphatic hydroxyl groups is 1. The number of esters is 1. The number of ketones is 2. The molecule has 0 aliphatic carbocycles. The fraction of sp³-hybridized carbons (Fsp3) is 0.661. The Hall–Kier alpha value is -5.97. The number of ether oxygens (including phenoxy) is 1. The van der Waals surface area contributed by atoms with Gasteiger partial charge in [-0.25, -0.2) is 4.79 Å². The van der Waals surface area contributed by atoms with Gasteiger partial charge in [0, 0.05) is 90.6 Å². The average Bonchev–Trinajstić information content (AvgIpc) is 3.93. The van der Waals surface area contributed by atoms with Crippen LogP contribution >= 0.6 is 0 Å². The molecule has 17 nitrogen and oxygen atoms in total. The number of hydrogen-bond acceptors (Lipinski definition) is 11. The van der Waals surface area contributed by atoms with Crippen LogP contribution in [0.5, 0.6) is 0 Å². The predicted octanol–water partition coefficient (Wildman–Crippen LogP) is 6.41. The van der Waals surface area contributed by atoms with Gasteiger partial charge in [0.1, 0.15) is 23.9 Å². The number of benzene rings is 2. The molecule has 79 heavy (non-hydrogen) atoms. The summed E-state index contributed by atoms with van der Waals surface area (Å²) in [4.78, 5) is 140. The molecule has 0 aromatic heterocycles. The summed E-state index contributed by atoms with van der Waals surface area (Å²) >= 11 is 0. The number of Topliss-reactive ketones (excluding diaryl/α,β-unsaturated/α-hetero) is 2. The number of likely N-dealkylation sites (N-methyl/N-ethyl adjacent to an activating group) is 4. The quantitative estimate of drug-likeness (QED) is 0.209. The van der Waals surface area contributed by atoms with Crippen molar-refractivity contribution in [2.75, 3.05) is 41.3 Å². The molecule has 11 atom stereocenters. The highest BCUT2D eigenvalue weighted by Gasteiger charge is 2.47. The molecule has 438 valence electrons. The van der Waals surface area contributed by atoms with Gasteiger partial charge in [-0.05, 0) is 67.9 Å². The molecule has 6 amide bonds. The molecular weight excluding hydrogens is 1000 g/mol. The summed E-state index contributed by atoms with van der Waals surface area (Å²) in [6, 6.07) is 12.2. The molecule has 0 spiro atoms. The van der Waals surface area contributed by atoms with Crippen molar-refractivity contribution in [1.29, 1.82) is 0 Å². The lowest BCUT2D eigenvalue weighted by Gasteiger charge is -2.39. The number of cyclic esters (lactones) is 1. The van der Waals surface area contributed by atoms with Crippen LogP contribution in [0.4, 0.5) is 0 Å². The number of amides is 6. The van der Waals surface area contributed by atoms with E-state index in [0.717, 1.165) is 10.5 Å². The van der Waals surface area contributed by atoms with Crippen LogP contribution in [0.1, 0.15) is 133 Å². The van der Waals surface area contributed by atoms with Gasteiger partial charge >= 0.3 is 5.97 Å². The van der Waals surface area contributed by atoms with Crippen molar-refractivity contribution in [1.82, 2.24) is 29.8 Å². The van der Waals surface area contributed by atoms with E-state index in [1.165, 1.54) is 49.7 Å². The fourth-order valence-corrected chi connectivity index (χ4v) is 11.6. The number of carbonyl (C=O) groups excluding carboxylic acids is 9. The molecule has 17 heteroatoms. The van der Waals surface area contributed by atoms with Crippen LogP contribution in [0, 0.1) is 47.3 Å². The highest BCUT2D eigenvalue weighted by molar-refractivity contribution is 5.98. The molecule has 2 fully saturated rings. The molecular formula is C62H94N6O11. The van der Waals surface area contributed by atoms with Gasteiger partial charge in [0.25, 0.3) is 5.91 Å². The van der Waals surface area contributed by atoms with Crippen LogP contribution in [-0.4, -0.2) is 166 Å². The first-order valence-corrected chi connectivity index (χ1v) is 28.7. The van der Waals surface area contributed by atoms with Crippen molar-refractivity contribution < 1.29 is 53.0 Å². The zero-order chi connectivity index (χ0) is 59.4. The number of nitrogens with zero attached hydrogens (tertiary/aromatic N) is 5. The molecule has 3 unspecified atom stereocenters. The molecule has 2 bridgehead atoms. The molecule has 0 saturated carbocycles. The molecule has 2 aromatic carbocycles. The van der Waals surface area contributed by atoms with Crippen LogP contribution in [0.25, 0.3) is 0 Å². The minimum absolute atomic E-state index is 0.0256. The molecule has 0 radical (unpaired) electrons. The summed E-state index contributed by atoms with van der Waals surface area (Å²) in [5.41, 5.74) is -0.444. The normalized spacial score (nSPS) is 26.7. The maximum absolute atomic E-state index is 15.2. The zero-order valence-electron chi connectivity index (χ0n) is 50.2. The molecule has 4 rings (SSSR count). The lowest BCUT2D eigenvalue weighted by molar-refractivity contribution is -0.178. The number of carbonyl (C=O) groups is 9. The summed E-state index contributed by atoms with van der Waals surface area (Å²) in [6.45, 7) is 21.3. The van der Waals surface area contributed by atoms with E-state index in [-0.39, 0.29) is 74.5 Å². The lowest BCUT2D eigenvalue weighted by atomic mass is 9.82. The number of rotatable bonds is 13. The standard InChI is InChI=1S/C62H94N6O11/c1-17-40(9)46-35-49(69)44-29-30-68(36-44)59(75)48(33-43-27-23-20-24-28-43)64(13)58(74)47(32-42-25-21-19-22-26-42)63-55(71)52(39(7)8)66(15)60(76)53(41(10)18-2)79-61(77)54(62(11,12)78)67(16)56(72)45(31-37(3)4)34-50(70)51(38(5)6)65(14)57(46)73/h19-28,37-41,44-48,51-54,78H,17-18,29-36H2,1-16H3,(H,63,71)/t40?,41?,44-,45-,46+,47+,48?,51+,52+,53-,54-/m1/s1. The van der Waals surface area contributed by atoms with E-state index < -0.39 is 113 Å². The van der Waals surface area contributed by atoms with Crippen molar-refractivity contribution in [2.24, 2.45) is 47.3 Å². The first kappa shape index (κ1) is 65.5. The van der Waals surface area contributed by atoms with Gasteiger partial charge in [-0.3, -0.25) is 38.4 Å². The van der Waals surface area contributed by atoms with Gasteiger partial charge < -0.3 is 39.7 Å². The Labute approximate surface area is 470 Å². The minimum atomic E-state index is -1.94. The maximum atomic E-state index is 15.2. The van der Waals surface area contributed by atoms with E-state index in [1.807, 2.05) is 109 Å². The molecule has 2 N–H and O–H groups in total. The smallest absolute Gasteiger partial charge is 0.332 e. The first-order valence-electron chi connectivity index (χ1n) is 28.7. The minimum Gasteiger partial charge on any atom is -0.450 e. The Bertz CT molecular complexity index is 2420. The topological polar surface area (TPSA) is 211 Å². The Morgan fingerprint density at radius 3 is 1.66 bits per heavy atom. The average molecular weight is 1100 g/mol. The summed E-state index contributed by atoms with van der Waals surface area (Å²) in [6.07, 6.45) is -0.321. The SMILES string of the molecule is CCC(C)[C@@H]1CC(=O)[C@@H]2CCN(C2)C(=O)C(Cc2ccccc2)N(C)C(=O)[C@H](Cc2ccccc2)NC(=O)[C@H](C(C)C)N(C)C(=O)[C@@H](C(C)CC)OC(=O)[C@H](C(C)(C)O)N(C)C(=O)[C@H](CC(C)C)CC(=O)[C@H](C(C)C)N(C)C1=O. The van der Waals surface area contributed by atoms with Crippen LogP contribution in [-0.2, 0) is 60.7 Å². The van der Waals surface area contributed by atoms with Crippen LogP contribution in [0.3, 0.4) is 0 Å². The lowest BCUT2D eigenvalue weighted by Crippen LogP contribution is -2.61. The van der Waals surface area contributed by atoms with Crippen LogP contribution in [0.2, 0.25) is 0 Å². The predicted molar refractivity (Wildman–Crippen MR) is 304 cm³/mol. The third kappa shape index (κ3) is 16.8. The van der Waals surface area contributed by atoms with E-state index in [2.05, 4.69) is 5.32 Å². The second-order valence-electron chi connectivity index (χ2n) is 24.4. The summed E-state index contributed by atoms with van der Waals surface area (Å²) in [5, 5.41) is 14.7. The number of fused-ring (bicyclic) bond motifs is 2. The molecule has 2 aromatic rings. The summed E-state index contributed by atoms with van der Waals surface area (Å²) < 4.78 is 6.12. The Kier molecular flexibility index (Phi) is 24.0. The second-order valence-corrected chi connectivity index (χ2v) is 24.4. The van der Waals surface area contributed by atoms with E-state index in [0.29, 0.717) is 24.8 Å². The number of nitrogens with one attached hydrogen (secondary N) is 1. The Morgan fingerprint density at radius 1 is 0.620 bits per heavy atom. The monoisotopic (exact) mass is 1100 g/mol. The molecule has 2 saturated heterocycles. The van der Waals surface area contributed by atoms with Gasteiger partial charge in [0.2, 0.25) is 29.5 Å². The van der Waals surface area contributed by atoms with Gasteiger partial charge in [-0.2, -0.15) is 0 Å². The van der Waals surface area contributed by atoms with Crippen molar-refractivity contribution >= 4 is 53.0 Å². The van der Waals surface area contributed by atoms with E-state index in [9.17, 15) is 38.7 Å². The van der Waals surface area contributed by atoms with Crippen LogP contribution in [0.15, 0.2) is 60.7 Å². The molecule has 2 heterocycles. The highest BCUT2D eigenvalue weighted by Crippen LogP contribution is 2.32. The van der Waals surface area contributed by atoms with Gasteiger partial charge in [-0.1, -0.05) is 136 Å². The third-order valence-corrected chi connectivity index (χ3v) is 16.5. The largest absolute Gasteiger partial charge is 0.450 e. The summed E-state index contributed by atoms with van der Waals surface area (Å²) in [7, 11) is 5.86. The maximum Gasteiger partial charge on any atom is 0.332 e. The van der Waals surface area contributed by atoms with Gasteiger partial charge in [-0.15, -0.1) is 0 Å². The van der Waals surface area contributed by atoms with Crippen molar-refractivity contribution in [3.8, 4) is 0 Å². The Morgan fingerprint density at radius 2 is 1.15 bits per heavy atom. The van der Waals surface area contributed by atoms with E-state index >= 15 is 9.59 Å². The molecule has 2 aliphatic rings. The third-order valence-electron chi connectivity index (χ3n) is 16.5. The number of hydrogen-bond donors (Lipinski definition) is 2. The second kappa shape index (κ2) is 29.0. The van der Waals surface area contributed by atoms with E-state index in [1.54, 1.807) is 32.7 Å². The van der Waals surface area contributed by atoms with Gasteiger partial charge in [0.15, 0.2) is 17.9 Å². The van der Waals surface area contributed by atoms with Crippen molar-refractivity contribution in [3.63, 3.8) is 0 Å². The van der Waals surface area contributed by atoms with Gasteiger partial charge in [0.05, 0.1) is 11.6 Å². The fourth-order valence-electron chi connectivity index (χ4n) is 11.6. The first-order chi connectivity index (χ1) is 37.0. The summed E-state index contributed by atoms with van der Waals surface area (Å²) in [5.74, 6) is -9.41. The van der Waals surface area contributed by atoms with Crippen molar-refractivity contribution in [3.05, 3.63) is 71.8 Å². The highest BCUT2D eigenvalue weighted by atomic mass is 16.6. The Balaban J connectivity index is 1.93. The zero-order valence-corrected chi connectivity index (χ0v) is 50.2. The van der Waals surface area contributed by atoms with Crippen molar-refractivity contribution in [2.45, 2.75) is 176 Å².